The van der Waals surface area contributed by atoms with E-state index in [-0.39, 0.29) is 6.61 Å². The summed E-state index contributed by atoms with van der Waals surface area (Å²) < 4.78 is 0. The van der Waals surface area contributed by atoms with E-state index in [1.165, 1.54) is 5.39 Å². The van der Waals surface area contributed by atoms with Crippen LogP contribution in [0.4, 0.5) is 5.69 Å². The summed E-state index contributed by atoms with van der Waals surface area (Å²) in [5, 5.41) is 11.2. The van der Waals surface area contributed by atoms with Gasteiger partial charge in [0.15, 0.2) is 0 Å². The second-order valence-electron chi connectivity index (χ2n) is 3.50. The van der Waals surface area contributed by atoms with E-state index >= 15 is 0 Å². The van der Waals surface area contributed by atoms with Crippen LogP contribution in [0.5, 0.6) is 0 Å². The molecule has 90 valence electrons. The third kappa shape index (κ3) is 3.40. The van der Waals surface area contributed by atoms with Crippen molar-refractivity contribution in [2.24, 2.45) is 4.99 Å². The van der Waals surface area contributed by atoms with Gasteiger partial charge in [0.25, 0.3) is 0 Å². The first kappa shape index (κ1) is 13.4. The quantitative estimate of drug-likeness (QED) is 0.777. The van der Waals surface area contributed by atoms with Gasteiger partial charge in [-0.3, -0.25) is 4.99 Å². The zero-order chi connectivity index (χ0) is 12.7. The second-order valence-corrected chi connectivity index (χ2v) is 3.50. The van der Waals surface area contributed by atoms with E-state index in [9.17, 15) is 0 Å². The highest BCUT2D eigenvalue weighted by atomic mass is 16.3. The second kappa shape index (κ2) is 6.81. The van der Waals surface area contributed by atoms with Gasteiger partial charge in [-0.15, -0.1) is 0 Å². The van der Waals surface area contributed by atoms with Crippen LogP contribution in [0.2, 0.25) is 0 Å². The van der Waals surface area contributed by atoms with Crippen molar-refractivity contribution >= 4 is 22.2 Å². The minimum Gasteiger partial charge on any atom is -0.390 e. The van der Waals surface area contributed by atoms with Crippen molar-refractivity contribution in [3.8, 4) is 0 Å². The summed E-state index contributed by atoms with van der Waals surface area (Å²) in [5.74, 6) is 0. The molecule has 2 aromatic rings. The van der Waals surface area contributed by atoms with Gasteiger partial charge in [0, 0.05) is 11.1 Å². The largest absolute Gasteiger partial charge is 0.390 e. The van der Waals surface area contributed by atoms with Crippen LogP contribution in [-0.2, 0) is 0 Å². The average molecular weight is 229 g/mol. The lowest BCUT2D eigenvalue weighted by Crippen LogP contribution is -1.96. The van der Waals surface area contributed by atoms with Crippen molar-refractivity contribution in [3.63, 3.8) is 0 Å². The highest BCUT2D eigenvalue weighted by molar-refractivity contribution is 5.96. The minimum atomic E-state index is 0.00320. The van der Waals surface area contributed by atoms with Crippen molar-refractivity contribution in [2.75, 3.05) is 6.61 Å². The molecule has 0 saturated carbocycles. The Bertz CT molecular complexity index is 498. The molecule has 0 aliphatic carbocycles. The predicted octanol–water partition coefficient (Wildman–Crippen LogP) is 3.95. The van der Waals surface area contributed by atoms with Gasteiger partial charge in [0.05, 0.1) is 12.3 Å². The standard InChI is InChI=1S/C13H13NO.C2H6/c1-10(9-15)14-13-8-4-6-11-5-2-3-7-12(11)13;1-2/h2-8,15H,9H2,1H3;1-2H3. The van der Waals surface area contributed by atoms with E-state index in [1.54, 1.807) is 0 Å². The molecule has 0 bridgehead atoms. The van der Waals surface area contributed by atoms with Crippen LogP contribution in [0.3, 0.4) is 0 Å². The van der Waals surface area contributed by atoms with Gasteiger partial charge in [-0.1, -0.05) is 50.2 Å². The molecule has 0 heterocycles. The van der Waals surface area contributed by atoms with E-state index in [0.29, 0.717) is 0 Å². The van der Waals surface area contributed by atoms with Gasteiger partial charge in [0.2, 0.25) is 0 Å². The lowest BCUT2D eigenvalue weighted by atomic mass is 10.1. The zero-order valence-corrected chi connectivity index (χ0v) is 10.6. The molecule has 0 aliphatic rings. The van der Waals surface area contributed by atoms with Crippen molar-refractivity contribution in [2.45, 2.75) is 20.8 Å². The number of nitrogens with zero attached hydrogens (tertiary/aromatic N) is 1. The summed E-state index contributed by atoms with van der Waals surface area (Å²) in [7, 11) is 0. The van der Waals surface area contributed by atoms with E-state index < -0.39 is 0 Å². The van der Waals surface area contributed by atoms with Crippen LogP contribution in [0.25, 0.3) is 10.8 Å². The van der Waals surface area contributed by atoms with Crippen LogP contribution >= 0.6 is 0 Å². The molecule has 1 N–H and O–H groups in total. The molecule has 0 aliphatic heterocycles. The molecule has 2 rings (SSSR count). The smallest absolute Gasteiger partial charge is 0.0811 e. The molecule has 2 nitrogen and oxygen atoms in total. The summed E-state index contributed by atoms with van der Waals surface area (Å²) in [4.78, 5) is 4.37. The number of hydrogen-bond donors (Lipinski definition) is 1. The Morgan fingerprint density at radius 3 is 2.41 bits per heavy atom. The monoisotopic (exact) mass is 229 g/mol. The zero-order valence-electron chi connectivity index (χ0n) is 10.6. The Balaban J connectivity index is 0.000000686. The third-order valence-corrected chi connectivity index (χ3v) is 2.31. The number of benzene rings is 2. The van der Waals surface area contributed by atoms with Crippen LogP contribution in [0.15, 0.2) is 47.5 Å². The highest BCUT2D eigenvalue weighted by Crippen LogP contribution is 2.25. The van der Waals surface area contributed by atoms with Crippen LogP contribution < -0.4 is 0 Å². The molecular weight excluding hydrogens is 210 g/mol. The van der Waals surface area contributed by atoms with E-state index in [2.05, 4.69) is 17.1 Å². The number of aliphatic hydroxyl groups is 1. The van der Waals surface area contributed by atoms with Crippen molar-refractivity contribution in [1.29, 1.82) is 0 Å². The van der Waals surface area contributed by atoms with E-state index in [4.69, 9.17) is 5.11 Å². The van der Waals surface area contributed by atoms with E-state index in [1.807, 2.05) is 51.1 Å². The van der Waals surface area contributed by atoms with Gasteiger partial charge < -0.3 is 5.11 Å². The summed E-state index contributed by atoms with van der Waals surface area (Å²) in [6.07, 6.45) is 0. The maximum absolute atomic E-state index is 8.94. The fraction of sp³-hybridized carbons (Fsp3) is 0.267. The fourth-order valence-corrected chi connectivity index (χ4v) is 1.55. The summed E-state index contributed by atoms with van der Waals surface area (Å²) in [6, 6.07) is 14.1. The van der Waals surface area contributed by atoms with Crippen LogP contribution in [0, 0.1) is 0 Å². The van der Waals surface area contributed by atoms with Crippen LogP contribution in [-0.4, -0.2) is 17.4 Å². The Morgan fingerprint density at radius 1 is 1.06 bits per heavy atom. The average Bonchev–Trinajstić information content (AvgIpc) is 2.41. The first-order valence-electron chi connectivity index (χ1n) is 5.94. The normalized spacial score (nSPS) is 10.9. The molecule has 0 atom stereocenters. The highest BCUT2D eigenvalue weighted by Gasteiger charge is 1.98. The number of hydrogen-bond acceptors (Lipinski definition) is 2. The van der Waals surface area contributed by atoms with Crippen LogP contribution in [0.1, 0.15) is 20.8 Å². The molecule has 0 fully saturated rings. The van der Waals surface area contributed by atoms with Crippen molar-refractivity contribution in [3.05, 3.63) is 42.5 Å². The fourth-order valence-electron chi connectivity index (χ4n) is 1.55. The molecule has 2 heteroatoms. The van der Waals surface area contributed by atoms with Gasteiger partial charge in [0.1, 0.15) is 0 Å². The first-order chi connectivity index (χ1) is 8.31. The van der Waals surface area contributed by atoms with Crippen molar-refractivity contribution in [1.82, 2.24) is 0 Å². The Morgan fingerprint density at radius 2 is 1.71 bits per heavy atom. The summed E-state index contributed by atoms with van der Waals surface area (Å²) in [6.45, 7) is 5.82. The summed E-state index contributed by atoms with van der Waals surface area (Å²) >= 11 is 0. The lowest BCUT2D eigenvalue weighted by Gasteiger charge is -2.02. The SMILES string of the molecule is CC.CC(CO)=Nc1cccc2ccccc12. The maximum atomic E-state index is 8.94. The number of aliphatic imine (C=N–C) groups is 1. The number of aliphatic hydroxyl groups excluding tert-OH is 1. The Hall–Kier alpha value is -1.67. The Labute approximate surface area is 103 Å². The lowest BCUT2D eigenvalue weighted by molar-refractivity contribution is 0.357. The van der Waals surface area contributed by atoms with Crippen molar-refractivity contribution < 1.29 is 5.11 Å². The minimum absolute atomic E-state index is 0.00320. The number of rotatable bonds is 2. The number of fused-ring (bicyclic) bond motifs is 1. The molecule has 0 spiro atoms. The van der Waals surface area contributed by atoms with E-state index in [0.717, 1.165) is 16.8 Å². The van der Waals surface area contributed by atoms with Gasteiger partial charge in [-0.2, -0.15) is 0 Å². The summed E-state index contributed by atoms with van der Waals surface area (Å²) in [5.41, 5.74) is 1.64. The molecule has 0 amide bonds. The first-order valence-corrected chi connectivity index (χ1v) is 5.94. The van der Waals surface area contributed by atoms with Gasteiger partial charge >= 0.3 is 0 Å². The molecule has 0 aromatic heterocycles. The molecular formula is C15H19NO. The third-order valence-electron chi connectivity index (χ3n) is 2.31. The van der Waals surface area contributed by atoms with Gasteiger partial charge in [-0.25, -0.2) is 0 Å². The predicted molar refractivity (Wildman–Crippen MR) is 75.2 cm³/mol. The molecule has 0 radical (unpaired) electrons. The Kier molecular flexibility index (Phi) is 5.37. The topological polar surface area (TPSA) is 32.6 Å². The maximum Gasteiger partial charge on any atom is 0.0811 e. The molecule has 2 aromatic carbocycles. The molecule has 17 heavy (non-hydrogen) atoms. The molecule has 0 saturated heterocycles. The molecule has 0 unspecified atom stereocenters. The van der Waals surface area contributed by atoms with Gasteiger partial charge in [-0.05, 0) is 18.4 Å².